The fraction of sp³-hybridized carbons (Fsp3) is 1.00. The summed E-state index contributed by atoms with van der Waals surface area (Å²) in [7, 11) is 0. The third kappa shape index (κ3) is 1.73. The molecule has 0 N–H and O–H groups in total. The van der Waals surface area contributed by atoms with Crippen LogP contribution in [0.5, 0.6) is 0 Å². The Morgan fingerprint density at radius 1 is 1.45 bits per heavy atom. The summed E-state index contributed by atoms with van der Waals surface area (Å²) in [6.45, 7) is 10.5. The predicted octanol–water partition coefficient (Wildman–Crippen LogP) is 2.57. The fourth-order valence-electron chi connectivity index (χ4n) is 1.94. The molecule has 1 rings (SSSR count). The smallest absolute Gasteiger partial charge is 0.0453 e. The van der Waals surface area contributed by atoms with Gasteiger partial charge in [0.1, 0.15) is 0 Å². The van der Waals surface area contributed by atoms with E-state index in [9.17, 15) is 0 Å². The van der Waals surface area contributed by atoms with E-state index in [0.29, 0.717) is 4.75 Å². The Morgan fingerprint density at radius 2 is 2.09 bits per heavy atom. The van der Waals surface area contributed by atoms with Gasteiger partial charge in [-0.25, -0.2) is 0 Å². The Kier molecular flexibility index (Phi) is 2.87. The molecular weight excluding hydrogens is 154 g/mol. The molecule has 1 nitrogen and oxygen atoms in total. The summed E-state index contributed by atoms with van der Waals surface area (Å²) >= 11 is 2.09. The van der Waals surface area contributed by atoms with Crippen molar-refractivity contribution in [1.29, 1.82) is 0 Å². The van der Waals surface area contributed by atoms with Gasteiger partial charge in [0.15, 0.2) is 0 Å². The van der Waals surface area contributed by atoms with Crippen molar-refractivity contribution in [3.8, 4) is 0 Å². The average molecular weight is 173 g/mol. The Hall–Kier alpha value is 0.310. The van der Waals surface area contributed by atoms with Gasteiger partial charge in [0.05, 0.1) is 0 Å². The fourth-order valence-corrected chi connectivity index (χ4v) is 3.31. The van der Waals surface area contributed by atoms with Crippen LogP contribution >= 0.6 is 11.8 Å². The molecule has 0 saturated carbocycles. The highest BCUT2D eigenvalue weighted by molar-refractivity contribution is 8.00. The Morgan fingerprint density at radius 3 is 2.45 bits per heavy atom. The zero-order valence-corrected chi connectivity index (χ0v) is 8.87. The van der Waals surface area contributed by atoms with E-state index in [0.717, 1.165) is 6.04 Å². The van der Waals surface area contributed by atoms with Gasteiger partial charge >= 0.3 is 0 Å². The first-order valence-electron chi connectivity index (χ1n) is 4.49. The van der Waals surface area contributed by atoms with Crippen LogP contribution < -0.4 is 0 Å². The van der Waals surface area contributed by atoms with Crippen LogP contribution in [-0.4, -0.2) is 28.1 Å². The number of nitrogens with zero attached hydrogens (tertiary/aromatic N) is 1. The summed E-state index contributed by atoms with van der Waals surface area (Å²) in [6, 6.07) is 0.789. The van der Waals surface area contributed by atoms with Crippen molar-refractivity contribution in [3.63, 3.8) is 0 Å². The van der Waals surface area contributed by atoms with Gasteiger partial charge in [-0.3, -0.25) is 4.90 Å². The second kappa shape index (κ2) is 3.36. The van der Waals surface area contributed by atoms with Crippen molar-refractivity contribution < 1.29 is 0 Å². The van der Waals surface area contributed by atoms with Gasteiger partial charge in [-0.1, -0.05) is 13.8 Å². The van der Waals surface area contributed by atoms with E-state index >= 15 is 0 Å². The minimum atomic E-state index is 0.477. The molecular formula is C9H19NS. The van der Waals surface area contributed by atoms with Crippen LogP contribution in [0.25, 0.3) is 0 Å². The summed E-state index contributed by atoms with van der Waals surface area (Å²) < 4.78 is 0.477. The third-order valence-electron chi connectivity index (χ3n) is 2.64. The van der Waals surface area contributed by atoms with E-state index in [4.69, 9.17) is 0 Å². The van der Waals surface area contributed by atoms with Gasteiger partial charge in [0.2, 0.25) is 0 Å². The maximum Gasteiger partial charge on any atom is 0.0453 e. The van der Waals surface area contributed by atoms with Crippen LogP contribution in [-0.2, 0) is 0 Å². The molecule has 0 aromatic carbocycles. The van der Waals surface area contributed by atoms with E-state index in [1.807, 2.05) is 0 Å². The largest absolute Gasteiger partial charge is 0.290 e. The molecule has 0 aliphatic carbocycles. The maximum absolute atomic E-state index is 2.57. The minimum Gasteiger partial charge on any atom is -0.290 e. The van der Waals surface area contributed by atoms with Crippen molar-refractivity contribution in [1.82, 2.24) is 4.90 Å². The molecule has 0 amide bonds. The lowest BCUT2D eigenvalue weighted by Gasteiger charge is -2.29. The topological polar surface area (TPSA) is 3.24 Å². The molecule has 1 atom stereocenters. The van der Waals surface area contributed by atoms with Gasteiger partial charge in [0, 0.05) is 16.7 Å². The molecule has 0 bridgehead atoms. The quantitative estimate of drug-likeness (QED) is 0.631. The first-order chi connectivity index (χ1) is 5.11. The highest BCUT2D eigenvalue weighted by Gasteiger charge is 2.38. The minimum absolute atomic E-state index is 0.477. The highest BCUT2D eigenvalue weighted by atomic mass is 32.2. The van der Waals surface area contributed by atoms with Gasteiger partial charge < -0.3 is 0 Å². The van der Waals surface area contributed by atoms with Crippen LogP contribution in [0.15, 0.2) is 0 Å². The molecule has 1 saturated heterocycles. The summed E-state index contributed by atoms with van der Waals surface area (Å²) in [5.41, 5.74) is 0. The standard InChI is InChI=1S/C9H19NS/c1-5-8-9(3,4)11-7-10(8)6-2/h8H,5-7H2,1-4H3. The van der Waals surface area contributed by atoms with Gasteiger partial charge in [-0.15, -0.1) is 11.8 Å². The first-order valence-corrected chi connectivity index (χ1v) is 5.48. The summed E-state index contributed by atoms with van der Waals surface area (Å²) in [4.78, 5) is 2.57. The summed E-state index contributed by atoms with van der Waals surface area (Å²) in [5.74, 6) is 1.22. The average Bonchev–Trinajstić information content (AvgIpc) is 2.24. The zero-order valence-electron chi connectivity index (χ0n) is 8.05. The van der Waals surface area contributed by atoms with Crippen LogP contribution in [0, 0.1) is 0 Å². The molecule has 2 heteroatoms. The van der Waals surface area contributed by atoms with Gasteiger partial charge in [0.25, 0.3) is 0 Å². The monoisotopic (exact) mass is 173 g/mol. The Labute approximate surface area is 74.5 Å². The summed E-state index contributed by atoms with van der Waals surface area (Å²) in [6.07, 6.45) is 1.29. The van der Waals surface area contributed by atoms with Crippen LogP contribution in [0.4, 0.5) is 0 Å². The van der Waals surface area contributed by atoms with Crippen molar-refractivity contribution >= 4 is 11.8 Å². The molecule has 0 spiro atoms. The maximum atomic E-state index is 2.57. The number of rotatable bonds is 2. The highest BCUT2D eigenvalue weighted by Crippen LogP contribution is 2.40. The molecule has 0 radical (unpaired) electrons. The molecule has 1 unspecified atom stereocenters. The Balaban J connectivity index is 2.63. The molecule has 66 valence electrons. The van der Waals surface area contributed by atoms with Gasteiger partial charge in [-0.05, 0) is 26.8 Å². The van der Waals surface area contributed by atoms with Crippen LogP contribution in [0.3, 0.4) is 0 Å². The molecule has 0 aromatic heterocycles. The molecule has 1 fully saturated rings. The van der Waals surface area contributed by atoms with Crippen LogP contribution in [0.2, 0.25) is 0 Å². The van der Waals surface area contributed by atoms with E-state index in [2.05, 4.69) is 44.4 Å². The molecule has 0 aromatic rings. The summed E-state index contributed by atoms with van der Waals surface area (Å²) in [5, 5.41) is 0. The lowest BCUT2D eigenvalue weighted by atomic mass is 10.00. The van der Waals surface area contributed by atoms with Crippen molar-refractivity contribution in [3.05, 3.63) is 0 Å². The molecule has 1 heterocycles. The number of hydrogen-bond acceptors (Lipinski definition) is 2. The van der Waals surface area contributed by atoms with Gasteiger partial charge in [-0.2, -0.15) is 0 Å². The SMILES string of the molecule is CCC1N(CC)CSC1(C)C. The molecule has 1 aliphatic heterocycles. The first kappa shape index (κ1) is 9.40. The number of thioether (sulfide) groups is 1. The lowest BCUT2D eigenvalue weighted by molar-refractivity contribution is 0.225. The second-order valence-corrected chi connectivity index (χ2v) is 5.30. The normalized spacial score (nSPS) is 31.1. The van der Waals surface area contributed by atoms with E-state index in [-0.39, 0.29) is 0 Å². The second-order valence-electron chi connectivity index (χ2n) is 3.71. The van der Waals surface area contributed by atoms with Crippen molar-refractivity contribution in [2.24, 2.45) is 0 Å². The van der Waals surface area contributed by atoms with Crippen molar-refractivity contribution in [2.75, 3.05) is 12.4 Å². The van der Waals surface area contributed by atoms with E-state index in [1.54, 1.807) is 0 Å². The third-order valence-corrected chi connectivity index (χ3v) is 4.12. The van der Waals surface area contributed by atoms with Crippen molar-refractivity contribution in [2.45, 2.75) is 44.9 Å². The molecule has 1 aliphatic rings. The lowest BCUT2D eigenvalue weighted by Crippen LogP contribution is -2.39. The van der Waals surface area contributed by atoms with Crippen LogP contribution in [0.1, 0.15) is 34.1 Å². The van der Waals surface area contributed by atoms with E-state index < -0.39 is 0 Å². The molecule has 11 heavy (non-hydrogen) atoms. The number of hydrogen-bond donors (Lipinski definition) is 0. The Bertz CT molecular complexity index is 134. The zero-order chi connectivity index (χ0) is 8.48. The van der Waals surface area contributed by atoms with E-state index in [1.165, 1.54) is 18.8 Å². The predicted molar refractivity (Wildman–Crippen MR) is 53.0 cm³/mol.